The van der Waals surface area contributed by atoms with E-state index in [4.69, 9.17) is 14.2 Å². The van der Waals surface area contributed by atoms with Gasteiger partial charge in [0.2, 0.25) is 0 Å². The Kier molecular flexibility index (Phi) is 7.42. The molecule has 5 saturated carbocycles. The van der Waals surface area contributed by atoms with Gasteiger partial charge in [-0.2, -0.15) is 0 Å². The molecule has 7 rings (SSSR count). The zero-order chi connectivity index (χ0) is 32.8. The van der Waals surface area contributed by atoms with Crippen LogP contribution in [0.2, 0.25) is 0 Å². The number of aliphatic hydroxyl groups is 7. The lowest BCUT2D eigenvalue weighted by atomic mass is 9.41. The van der Waals surface area contributed by atoms with Gasteiger partial charge in [-0.1, -0.05) is 20.8 Å². The molecule has 0 aromatic carbocycles. The fraction of sp³-hybridized carbons (Fsp3) is 1.00. The van der Waals surface area contributed by atoms with Crippen molar-refractivity contribution < 1.29 is 50.0 Å². The van der Waals surface area contributed by atoms with E-state index in [0.29, 0.717) is 25.2 Å². The van der Waals surface area contributed by atoms with Crippen LogP contribution < -0.4 is 0 Å². The van der Waals surface area contributed by atoms with Crippen LogP contribution in [-0.2, 0) is 14.2 Å². The first-order valence-electron chi connectivity index (χ1n) is 17.5. The molecule has 7 aliphatic rings. The van der Waals surface area contributed by atoms with Crippen LogP contribution in [0.1, 0.15) is 99.3 Å². The zero-order valence-electron chi connectivity index (χ0n) is 28.0. The van der Waals surface area contributed by atoms with E-state index < -0.39 is 64.8 Å². The molecule has 2 heterocycles. The van der Waals surface area contributed by atoms with Gasteiger partial charge >= 0.3 is 0 Å². The molecular formula is C35H58O10. The highest BCUT2D eigenvalue weighted by Crippen LogP contribution is 2.89. The number of ether oxygens (including phenoxy) is 3. The summed E-state index contributed by atoms with van der Waals surface area (Å²) in [7, 11) is 0. The van der Waals surface area contributed by atoms with Gasteiger partial charge in [0, 0.05) is 23.4 Å². The summed E-state index contributed by atoms with van der Waals surface area (Å²) < 4.78 is 18.7. The number of aliphatic hydroxyl groups excluding tert-OH is 6. The first kappa shape index (κ1) is 33.1. The van der Waals surface area contributed by atoms with E-state index >= 15 is 0 Å². The molecule has 258 valence electrons. The third-order valence-electron chi connectivity index (χ3n) is 15.6. The van der Waals surface area contributed by atoms with Crippen molar-refractivity contribution in [2.24, 2.45) is 44.8 Å². The molecule has 2 saturated heterocycles. The van der Waals surface area contributed by atoms with Gasteiger partial charge in [0.1, 0.15) is 18.3 Å². The van der Waals surface area contributed by atoms with Crippen molar-refractivity contribution in [1.29, 1.82) is 0 Å². The Morgan fingerprint density at radius 1 is 0.800 bits per heavy atom. The van der Waals surface area contributed by atoms with Crippen molar-refractivity contribution in [2.45, 2.75) is 160 Å². The van der Waals surface area contributed by atoms with Crippen LogP contribution in [0.25, 0.3) is 0 Å². The molecule has 0 bridgehead atoms. The minimum Gasteiger partial charge on any atom is -0.396 e. The molecule has 16 unspecified atom stereocenters. The maximum Gasteiger partial charge on any atom is 0.186 e. The van der Waals surface area contributed by atoms with Gasteiger partial charge in [-0.25, -0.2) is 0 Å². The van der Waals surface area contributed by atoms with Crippen molar-refractivity contribution in [3.63, 3.8) is 0 Å². The zero-order valence-corrected chi connectivity index (χ0v) is 28.0. The van der Waals surface area contributed by atoms with Crippen LogP contribution in [-0.4, -0.2) is 109 Å². The van der Waals surface area contributed by atoms with Crippen LogP contribution >= 0.6 is 0 Å². The second kappa shape index (κ2) is 10.1. The second-order valence-corrected chi connectivity index (χ2v) is 18.0. The lowest BCUT2D eigenvalue weighted by molar-refractivity contribution is -0.303. The number of hydrogen-bond acceptors (Lipinski definition) is 10. The van der Waals surface area contributed by atoms with E-state index in [9.17, 15) is 35.7 Å². The molecule has 16 atom stereocenters. The van der Waals surface area contributed by atoms with E-state index in [-0.39, 0.29) is 47.6 Å². The lowest BCUT2D eigenvalue weighted by Crippen LogP contribution is -2.63. The van der Waals surface area contributed by atoms with E-state index in [0.717, 1.165) is 38.5 Å². The first-order valence-corrected chi connectivity index (χ1v) is 17.5. The molecule has 5 aliphatic carbocycles. The maximum absolute atomic E-state index is 12.1. The summed E-state index contributed by atoms with van der Waals surface area (Å²) in [5.41, 5.74) is -3.37. The minimum absolute atomic E-state index is 0.00931. The predicted octanol–water partition coefficient (Wildman–Crippen LogP) is 1.87. The Labute approximate surface area is 267 Å². The Bertz CT molecular complexity index is 1170. The number of fused-ring (bicyclic) bond motifs is 2. The van der Waals surface area contributed by atoms with Gasteiger partial charge in [0.25, 0.3) is 0 Å². The highest BCUT2D eigenvalue weighted by molar-refractivity contribution is 5.34. The van der Waals surface area contributed by atoms with Crippen LogP contribution in [0.3, 0.4) is 0 Å². The topological polar surface area (TPSA) is 169 Å². The smallest absolute Gasteiger partial charge is 0.186 e. The Hall–Kier alpha value is -0.400. The van der Waals surface area contributed by atoms with Gasteiger partial charge in [0.15, 0.2) is 6.29 Å². The average molecular weight is 639 g/mol. The molecule has 45 heavy (non-hydrogen) atoms. The van der Waals surface area contributed by atoms with Crippen molar-refractivity contribution in [3.8, 4) is 0 Å². The highest BCUT2D eigenvalue weighted by Gasteiger charge is 2.85. The Morgan fingerprint density at radius 2 is 1.47 bits per heavy atom. The second-order valence-electron chi connectivity index (χ2n) is 18.0. The SMILES string of the molecule is CC(C)(O)C1CCC(C)(C2C(O)C(O)C3(C)C4CCC5C(C)(C)C(OC6OCC(O)C(O)C6O)CCC56CC46CCC23CO)O1. The van der Waals surface area contributed by atoms with Gasteiger partial charge in [-0.05, 0) is 107 Å². The molecular weight excluding hydrogens is 580 g/mol. The van der Waals surface area contributed by atoms with Crippen LogP contribution in [0.15, 0.2) is 0 Å². The normalized spacial score (nSPS) is 58.7. The van der Waals surface area contributed by atoms with Crippen LogP contribution in [0, 0.1) is 44.8 Å². The largest absolute Gasteiger partial charge is 0.396 e. The van der Waals surface area contributed by atoms with Crippen LogP contribution in [0.5, 0.6) is 0 Å². The maximum atomic E-state index is 12.1. The summed E-state index contributed by atoms with van der Waals surface area (Å²) in [6.07, 6.45) is 0.222. The van der Waals surface area contributed by atoms with E-state index in [1.54, 1.807) is 13.8 Å². The summed E-state index contributed by atoms with van der Waals surface area (Å²) in [6, 6.07) is 0. The van der Waals surface area contributed by atoms with Crippen LogP contribution in [0.4, 0.5) is 0 Å². The van der Waals surface area contributed by atoms with Gasteiger partial charge < -0.3 is 50.0 Å². The number of hydrogen-bond donors (Lipinski definition) is 7. The Balaban J connectivity index is 1.17. The third-order valence-corrected chi connectivity index (χ3v) is 15.6. The van der Waals surface area contributed by atoms with Crippen molar-refractivity contribution >= 4 is 0 Å². The average Bonchev–Trinajstić information content (AvgIpc) is 3.39. The molecule has 0 aromatic heterocycles. The molecule has 10 heteroatoms. The molecule has 7 N–H and O–H groups in total. The molecule has 2 aliphatic heterocycles. The fourth-order valence-corrected chi connectivity index (χ4v) is 13.4. The molecule has 2 spiro atoms. The quantitative estimate of drug-likeness (QED) is 0.221. The molecule has 7 fully saturated rings. The van der Waals surface area contributed by atoms with Gasteiger partial charge in [-0.15, -0.1) is 0 Å². The summed E-state index contributed by atoms with van der Waals surface area (Å²) in [4.78, 5) is 0. The minimum atomic E-state index is -1.32. The van der Waals surface area contributed by atoms with Crippen molar-refractivity contribution in [3.05, 3.63) is 0 Å². The third kappa shape index (κ3) is 4.04. The van der Waals surface area contributed by atoms with Crippen molar-refractivity contribution in [1.82, 2.24) is 0 Å². The van der Waals surface area contributed by atoms with E-state index in [1.807, 2.05) is 6.92 Å². The molecule has 0 radical (unpaired) electrons. The first-order chi connectivity index (χ1) is 20.9. The van der Waals surface area contributed by atoms with Gasteiger partial charge in [0.05, 0.1) is 42.2 Å². The monoisotopic (exact) mass is 638 g/mol. The summed E-state index contributed by atoms with van der Waals surface area (Å²) >= 11 is 0. The molecule has 10 nitrogen and oxygen atoms in total. The fourth-order valence-electron chi connectivity index (χ4n) is 13.4. The predicted molar refractivity (Wildman–Crippen MR) is 163 cm³/mol. The Morgan fingerprint density at radius 3 is 2.11 bits per heavy atom. The summed E-state index contributed by atoms with van der Waals surface area (Å²) in [5.74, 6) is 0.0349. The summed E-state index contributed by atoms with van der Waals surface area (Å²) in [6.45, 7) is 12.0. The van der Waals surface area contributed by atoms with Gasteiger partial charge in [-0.3, -0.25) is 0 Å². The van der Waals surface area contributed by atoms with E-state index in [2.05, 4.69) is 20.8 Å². The van der Waals surface area contributed by atoms with Crippen molar-refractivity contribution in [2.75, 3.05) is 13.2 Å². The summed E-state index contributed by atoms with van der Waals surface area (Å²) in [5, 5.41) is 76.9. The molecule has 0 amide bonds. The highest BCUT2D eigenvalue weighted by atomic mass is 16.7. The number of rotatable bonds is 5. The van der Waals surface area contributed by atoms with E-state index in [1.165, 1.54) is 0 Å². The lowest BCUT2D eigenvalue weighted by Gasteiger charge is -2.64. The standard InChI is InChI=1S/C35H58O10/c1-29(2)19-7-8-20-32(6)27(41)25(40)26(31(5)11-9-22(45-31)30(3,4)42)35(32,17-36)14-13-34(20)16-33(19,34)12-10-21(29)44-28-24(39)23(38)18(37)15-43-28/h18-28,36-42H,7-17H2,1-6H3. The molecule has 0 aromatic rings.